The SMILES string of the molecule is O=C(N1CCC[C@H]2c3cc(Br)ccc3C[C@H]21)C(F)(F)F. The minimum atomic E-state index is -4.78. The molecular weight excluding hydrogens is 335 g/mol. The van der Waals surface area contributed by atoms with Crippen LogP contribution in [-0.4, -0.2) is 29.6 Å². The van der Waals surface area contributed by atoms with Gasteiger partial charge in [0.2, 0.25) is 0 Å². The summed E-state index contributed by atoms with van der Waals surface area (Å²) in [7, 11) is 0. The largest absolute Gasteiger partial charge is 0.471 e. The van der Waals surface area contributed by atoms with Crippen molar-refractivity contribution in [2.24, 2.45) is 0 Å². The molecule has 1 saturated heterocycles. The number of hydrogen-bond donors (Lipinski definition) is 0. The number of hydrogen-bond acceptors (Lipinski definition) is 1. The van der Waals surface area contributed by atoms with Crippen LogP contribution in [0.4, 0.5) is 13.2 Å². The Morgan fingerprint density at radius 3 is 2.80 bits per heavy atom. The number of likely N-dealkylation sites (tertiary alicyclic amines) is 1. The number of alkyl halides is 3. The zero-order chi connectivity index (χ0) is 14.5. The second-order valence-corrected chi connectivity index (χ2v) is 6.28. The summed E-state index contributed by atoms with van der Waals surface area (Å²) in [6, 6.07) is 5.46. The Bertz CT molecular complexity index is 558. The number of halogens is 4. The van der Waals surface area contributed by atoms with E-state index in [0.717, 1.165) is 26.9 Å². The van der Waals surface area contributed by atoms with Gasteiger partial charge in [0.05, 0.1) is 0 Å². The van der Waals surface area contributed by atoms with Crippen molar-refractivity contribution in [1.82, 2.24) is 4.90 Å². The molecule has 0 spiro atoms. The van der Waals surface area contributed by atoms with E-state index in [-0.39, 0.29) is 18.5 Å². The average molecular weight is 348 g/mol. The summed E-state index contributed by atoms with van der Waals surface area (Å²) in [4.78, 5) is 12.6. The van der Waals surface area contributed by atoms with Crippen LogP contribution < -0.4 is 0 Å². The summed E-state index contributed by atoms with van der Waals surface area (Å²) in [6.45, 7) is 0.203. The third-order valence-corrected chi connectivity index (χ3v) is 4.71. The molecular formula is C14H13BrF3NO. The molecule has 2 aliphatic rings. The van der Waals surface area contributed by atoms with Crippen LogP contribution in [0.25, 0.3) is 0 Å². The molecule has 0 radical (unpaired) electrons. The van der Waals surface area contributed by atoms with Gasteiger partial charge in [0.1, 0.15) is 0 Å². The zero-order valence-electron chi connectivity index (χ0n) is 10.6. The summed E-state index contributed by atoms with van der Waals surface area (Å²) < 4.78 is 39.0. The number of carbonyl (C=O) groups is 1. The van der Waals surface area contributed by atoms with Gasteiger partial charge in [-0.05, 0) is 42.5 Å². The van der Waals surface area contributed by atoms with Crippen molar-refractivity contribution >= 4 is 21.8 Å². The molecule has 2 atom stereocenters. The number of benzene rings is 1. The van der Waals surface area contributed by atoms with Crippen LogP contribution in [0.5, 0.6) is 0 Å². The van der Waals surface area contributed by atoms with Gasteiger partial charge < -0.3 is 4.90 Å². The van der Waals surface area contributed by atoms with Gasteiger partial charge in [0.15, 0.2) is 0 Å². The maximum atomic E-state index is 12.7. The molecule has 1 fully saturated rings. The lowest BCUT2D eigenvalue weighted by Crippen LogP contribution is -2.51. The van der Waals surface area contributed by atoms with Crippen LogP contribution in [-0.2, 0) is 11.2 Å². The van der Waals surface area contributed by atoms with Crippen LogP contribution >= 0.6 is 15.9 Å². The van der Waals surface area contributed by atoms with E-state index in [4.69, 9.17) is 0 Å². The monoisotopic (exact) mass is 347 g/mol. The van der Waals surface area contributed by atoms with Crippen LogP contribution in [0.3, 0.4) is 0 Å². The van der Waals surface area contributed by atoms with E-state index in [0.29, 0.717) is 12.8 Å². The number of rotatable bonds is 0. The number of nitrogens with zero attached hydrogens (tertiary/aromatic N) is 1. The minimum absolute atomic E-state index is 0.0301. The fourth-order valence-electron chi connectivity index (χ4n) is 3.41. The van der Waals surface area contributed by atoms with Crippen LogP contribution in [0.1, 0.15) is 29.9 Å². The maximum Gasteiger partial charge on any atom is 0.471 e. The number of carbonyl (C=O) groups excluding carboxylic acids is 1. The summed E-state index contributed by atoms with van der Waals surface area (Å²) >= 11 is 3.40. The lowest BCUT2D eigenvalue weighted by atomic mass is 9.88. The first-order valence-electron chi connectivity index (χ1n) is 6.54. The van der Waals surface area contributed by atoms with Crippen molar-refractivity contribution in [3.05, 3.63) is 33.8 Å². The smallest absolute Gasteiger partial charge is 0.331 e. The van der Waals surface area contributed by atoms with Gasteiger partial charge in [-0.25, -0.2) is 0 Å². The number of piperidine rings is 1. The van der Waals surface area contributed by atoms with Crippen molar-refractivity contribution in [3.63, 3.8) is 0 Å². The molecule has 1 aromatic rings. The summed E-state index contributed by atoms with van der Waals surface area (Å²) in [5.41, 5.74) is 2.15. The Morgan fingerprint density at radius 1 is 1.35 bits per heavy atom. The molecule has 1 aromatic carbocycles. The van der Waals surface area contributed by atoms with Crippen molar-refractivity contribution < 1.29 is 18.0 Å². The highest BCUT2D eigenvalue weighted by Gasteiger charge is 2.49. The lowest BCUT2D eigenvalue weighted by molar-refractivity contribution is -0.189. The minimum Gasteiger partial charge on any atom is -0.331 e. The third kappa shape index (κ3) is 2.24. The van der Waals surface area contributed by atoms with Gasteiger partial charge in [0.25, 0.3) is 0 Å². The first-order valence-corrected chi connectivity index (χ1v) is 7.33. The first kappa shape index (κ1) is 13.9. The molecule has 0 aromatic heterocycles. The first-order chi connectivity index (χ1) is 9.38. The lowest BCUT2D eigenvalue weighted by Gasteiger charge is -2.38. The molecule has 2 nitrogen and oxygen atoms in total. The van der Waals surface area contributed by atoms with E-state index in [1.807, 2.05) is 18.2 Å². The molecule has 108 valence electrons. The van der Waals surface area contributed by atoms with Crippen LogP contribution in [0.15, 0.2) is 22.7 Å². The van der Waals surface area contributed by atoms with Gasteiger partial charge in [0, 0.05) is 23.0 Å². The highest BCUT2D eigenvalue weighted by molar-refractivity contribution is 9.10. The Labute approximate surface area is 123 Å². The molecule has 1 heterocycles. The van der Waals surface area contributed by atoms with Crippen molar-refractivity contribution in [2.75, 3.05) is 6.54 Å². The number of amides is 1. The van der Waals surface area contributed by atoms with Gasteiger partial charge in [-0.2, -0.15) is 13.2 Å². The summed E-state index contributed by atoms with van der Waals surface area (Å²) in [6.07, 6.45) is -2.79. The van der Waals surface area contributed by atoms with Gasteiger partial charge in [-0.1, -0.05) is 22.0 Å². The second-order valence-electron chi connectivity index (χ2n) is 5.36. The van der Waals surface area contributed by atoms with E-state index < -0.39 is 12.1 Å². The van der Waals surface area contributed by atoms with Crippen LogP contribution in [0, 0.1) is 0 Å². The molecule has 1 amide bonds. The molecule has 0 unspecified atom stereocenters. The Morgan fingerprint density at radius 2 is 2.10 bits per heavy atom. The topological polar surface area (TPSA) is 20.3 Å². The van der Waals surface area contributed by atoms with Gasteiger partial charge in [-0.3, -0.25) is 4.79 Å². The highest BCUT2D eigenvalue weighted by atomic mass is 79.9. The molecule has 20 heavy (non-hydrogen) atoms. The third-order valence-electron chi connectivity index (χ3n) is 4.22. The normalized spacial score (nSPS) is 25.3. The van der Waals surface area contributed by atoms with Crippen molar-refractivity contribution in [2.45, 2.75) is 37.4 Å². The molecule has 3 rings (SSSR count). The van der Waals surface area contributed by atoms with E-state index in [1.54, 1.807) is 0 Å². The quantitative estimate of drug-likeness (QED) is 0.701. The second kappa shape index (κ2) is 4.76. The molecule has 0 N–H and O–H groups in total. The van der Waals surface area contributed by atoms with E-state index in [9.17, 15) is 18.0 Å². The molecule has 0 saturated carbocycles. The van der Waals surface area contributed by atoms with Crippen molar-refractivity contribution in [1.29, 1.82) is 0 Å². The predicted molar refractivity (Wildman–Crippen MR) is 71.4 cm³/mol. The number of fused-ring (bicyclic) bond motifs is 3. The fraction of sp³-hybridized carbons (Fsp3) is 0.500. The zero-order valence-corrected chi connectivity index (χ0v) is 12.2. The fourth-order valence-corrected chi connectivity index (χ4v) is 3.79. The standard InChI is InChI=1S/C14H13BrF3NO/c15-9-4-3-8-6-12-10(11(8)7-9)2-1-5-19(12)13(20)14(16,17)18/h3-4,7,10,12H,1-2,5-6H2/t10-,12+/m0/s1. The maximum absolute atomic E-state index is 12.7. The highest BCUT2D eigenvalue weighted by Crippen LogP contribution is 2.43. The van der Waals surface area contributed by atoms with Gasteiger partial charge >= 0.3 is 12.1 Å². The Balaban J connectivity index is 1.92. The molecule has 6 heteroatoms. The predicted octanol–water partition coefficient (Wildman–Crippen LogP) is 3.64. The van der Waals surface area contributed by atoms with Gasteiger partial charge in [-0.15, -0.1) is 0 Å². The molecule has 0 bridgehead atoms. The Hall–Kier alpha value is -1.04. The van der Waals surface area contributed by atoms with E-state index >= 15 is 0 Å². The van der Waals surface area contributed by atoms with E-state index in [2.05, 4.69) is 15.9 Å². The summed E-state index contributed by atoms with van der Waals surface area (Å²) in [5, 5.41) is 0. The van der Waals surface area contributed by atoms with Crippen LogP contribution in [0.2, 0.25) is 0 Å². The average Bonchev–Trinajstić information content (AvgIpc) is 2.74. The molecule has 1 aliphatic carbocycles. The van der Waals surface area contributed by atoms with Crippen molar-refractivity contribution in [3.8, 4) is 0 Å². The van der Waals surface area contributed by atoms with E-state index in [1.165, 1.54) is 0 Å². The summed E-state index contributed by atoms with van der Waals surface area (Å²) in [5.74, 6) is -1.67. The molecule has 1 aliphatic heterocycles. The Kier molecular flexibility index (Phi) is 3.31.